The molecule has 0 aliphatic heterocycles. The number of ether oxygens (including phenoxy) is 2. The van der Waals surface area contributed by atoms with Crippen molar-refractivity contribution in [1.29, 1.82) is 0 Å². The minimum Gasteiger partial charge on any atom is -0.493 e. The number of methoxy groups -OCH3 is 2. The summed E-state index contributed by atoms with van der Waals surface area (Å²) in [5.74, 6) is 1.50. The molecule has 0 spiro atoms. The molecular formula is C13H21NO3. The van der Waals surface area contributed by atoms with Crippen LogP contribution in [-0.4, -0.2) is 44.5 Å². The Balaban J connectivity index is 2.85. The zero-order valence-electron chi connectivity index (χ0n) is 11.0. The molecule has 0 atom stereocenters. The van der Waals surface area contributed by atoms with Gasteiger partial charge >= 0.3 is 0 Å². The van der Waals surface area contributed by atoms with Gasteiger partial charge in [-0.3, -0.25) is 4.90 Å². The van der Waals surface area contributed by atoms with Gasteiger partial charge < -0.3 is 14.6 Å². The van der Waals surface area contributed by atoms with Crippen molar-refractivity contribution in [1.82, 2.24) is 4.90 Å². The van der Waals surface area contributed by atoms with E-state index in [4.69, 9.17) is 14.6 Å². The summed E-state index contributed by atoms with van der Waals surface area (Å²) in [5.41, 5.74) is 2.39. The summed E-state index contributed by atoms with van der Waals surface area (Å²) in [7, 11) is 5.16. The molecule has 17 heavy (non-hydrogen) atoms. The van der Waals surface area contributed by atoms with Crippen molar-refractivity contribution in [3.63, 3.8) is 0 Å². The number of hydrogen-bond donors (Lipinski definition) is 1. The lowest BCUT2D eigenvalue weighted by molar-refractivity contribution is 0.134. The number of nitrogens with zero attached hydrogens (tertiary/aromatic N) is 1. The van der Waals surface area contributed by atoms with Crippen molar-refractivity contribution in [3.05, 3.63) is 23.3 Å². The van der Waals surface area contributed by atoms with Gasteiger partial charge in [-0.2, -0.15) is 0 Å². The second kappa shape index (κ2) is 6.47. The van der Waals surface area contributed by atoms with Gasteiger partial charge in [-0.1, -0.05) is 0 Å². The second-order valence-electron chi connectivity index (χ2n) is 4.10. The summed E-state index contributed by atoms with van der Waals surface area (Å²) in [6, 6.07) is 3.98. The Morgan fingerprint density at radius 1 is 1.18 bits per heavy atom. The molecule has 1 aromatic carbocycles. The van der Waals surface area contributed by atoms with Crippen LogP contribution in [0.15, 0.2) is 12.1 Å². The van der Waals surface area contributed by atoms with E-state index in [0.717, 1.165) is 24.5 Å². The summed E-state index contributed by atoms with van der Waals surface area (Å²) in [4.78, 5) is 1.86. The van der Waals surface area contributed by atoms with E-state index in [-0.39, 0.29) is 6.73 Å². The van der Waals surface area contributed by atoms with E-state index in [1.165, 1.54) is 11.1 Å². The average molecular weight is 239 g/mol. The van der Waals surface area contributed by atoms with Crippen LogP contribution >= 0.6 is 0 Å². The molecule has 0 aliphatic rings. The van der Waals surface area contributed by atoms with Crippen LogP contribution in [-0.2, 0) is 6.42 Å². The van der Waals surface area contributed by atoms with Crippen LogP contribution in [0.4, 0.5) is 0 Å². The van der Waals surface area contributed by atoms with Gasteiger partial charge in [0.2, 0.25) is 0 Å². The van der Waals surface area contributed by atoms with Crippen LogP contribution in [0, 0.1) is 6.92 Å². The van der Waals surface area contributed by atoms with Crippen LogP contribution < -0.4 is 9.47 Å². The Morgan fingerprint density at radius 2 is 1.76 bits per heavy atom. The maximum Gasteiger partial charge on any atom is 0.161 e. The molecular weight excluding hydrogens is 218 g/mol. The molecule has 1 rings (SSSR count). The van der Waals surface area contributed by atoms with E-state index < -0.39 is 0 Å². The lowest BCUT2D eigenvalue weighted by atomic mass is 10.0. The molecule has 4 heteroatoms. The second-order valence-corrected chi connectivity index (χ2v) is 4.10. The fourth-order valence-electron chi connectivity index (χ4n) is 1.67. The molecule has 0 heterocycles. The number of rotatable bonds is 6. The fourth-order valence-corrected chi connectivity index (χ4v) is 1.67. The molecule has 96 valence electrons. The van der Waals surface area contributed by atoms with Gasteiger partial charge in [0.1, 0.15) is 0 Å². The highest BCUT2D eigenvalue weighted by Crippen LogP contribution is 2.30. The van der Waals surface area contributed by atoms with Crippen molar-refractivity contribution >= 4 is 0 Å². The molecule has 0 saturated carbocycles. The molecule has 4 nitrogen and oxygen atoms in total. The number of benzene rings is 1. The SMILES string of the molecule is COc1cc(C)c(CCN(C)CO)cc1OC. The van der Waals surface area contributed by atoms with Gasteiger partial charge in [0, 0.05) is 6.54 Å². The van der Waals surface area contributed by atoms with Crippen LogP contribution in [0.1, 0.15) is 11.1 Å². The minimum absolute atomic E-state index is 0.0757. The van der Waals surface area contributed by atoms with Crippen LogP contribution in [0.3, 0.4) is 0 Å². The molecule has 0 aromatic heterocycles. The minimum atomic E-state index is 0.0757. The Hall–Kier alpha value is -1.26. The quantitative estimate of drug-likeness (QED) is 0.763. The van der Waals surface area contributed by atoms with Gasteiger partial charge in [0.25, 0.3) is 0 Å². The van der Waals surface area contributed by atoms with Gasteiger partial charge in [0.05, 0.1) is 21.0 Å². The first-order valence-corrected chi connectivity index (χ1v) is 5.63. The fraction of sp³-hybridized carbons (Fsp3) is 0.538. The third-order valence-corrected chi connectivity index (χ3v) is 2.85. The molecule has 0 aliphatic carbocycles. The number of aliphatic hydroxyl groups is 1. The Labute approximate surface area is 103 Å². The lowest BCUT2D eigenvalue weighted by Crippen LogP contribution is -2.22. The van der Waals surface area contributed by atoms with Crippen LogP contribution in [0.2, 0.25) is 0 Å². The summed E-state index contributed by atoms with van der Waals surface area (Å²) < 4.78 is 10.5. The van der Waals surface area contributed by atoms with Gasteiger partial charge in [-0.25, -0.2) is 0 Å². The van der Waals surface area contributed by atoms with E-state index in [0.29, 0.717) is 0 Å². The third kappa shape index (κ3) is 3.61. The molecule has 0 radical (unpaired) electrons. The zero-order chi connectivity index (χ0) is 12.8. The smallest absolute Gasteiger partial charge is 0.161 e. The van der Waals surface area contributed by atoms with Crippen molar-refractivity contribution in [3.8, 4) is 11.5 Å². The lowest BCUT2D eigenvalue weighted by Gasteiger charge is -2.16. The molecule has 1 aromatic rings. The van der Waals surface area contributed by atoms with Crippen molar-refractivity contribution in [2.24, 2.45) is 0 Å². The highest BCUT2D eigenvalue weighted by atomic mass is 16.5. The normalized spacial score (nSPS) is 10.7. The first-order chi connectivity index (χ1) is 8.12. The van der Waals surface area contributed by atoms with Gasteiger partial charge in [-0.05, 0) is 43.7 Å². The first kappa shape index (κ1) is 13.8. The topological polar surface area (TPSA) is 41.9 Å². The predicted molar refractivity (Wildman–Crippen MR) is 67.7 cm³/mol. The Bertz CT molecular complexity index is 366. The summed E-state index contributed by atoms with van der Waals surface area (Å²) in [6.45, 7) is 2.94. The molecule has 1 N–H and O–H groups in total. The van der Waals surface area contributed by atoms with E-state index in [1.54, 1.807) is 14.2 Å². The van der Waals surface area contributed by atoms with Gasteiger partial charge in [-0.15, -0.1) is 0 Å². The molecule has 0 fully saturated rings. The average Bonchev–Trinajstić information content (AvgIpc) is 2.36. The van der Waals surface area contributed by atoms with Crippen molar-refractivity contribution in [2.75, 3.05) is 34.5 Å². The molecule has 0 saturated heterocycles. The molecule has 0 amide bonds. The van der Waals surface area contributed by atoms with E-state index in [1.807, 2.05) is 24.1 Å². The van der Waals surface area contributed by atoms with Crippen molar-refractivity contribution < 1.29 is 14.6 Å². The molecule has 0 bridgehead atoms. The predicted octanol–water partition coefficient (Wildman–Crippen LogP) is 1.44. The Morgan fingerprint density at radius 3 is 2.29 bits per heavy atom. The number of aliphatic hydroxyl groups excluding tert-OH is 1. The summed E-state index contributed by atoms with van der Waals surface area (Å²) >= 11 is 0. The zero-order valence-corrected chi connectivity index (χ0v) is 11.0. The maximum absolute atomic E-state index is 8.95. The summed E-state index contributed by atoms with van der Waals surface area (Å²) in [5, 5.41) is 8.95. The van der Waals surface area contributed by atoms with E-state index in [2.05, 4.69) is 6.92 Å². The maximum atomic E-state index is 8.95. The number of aryl methyl sites for hydroxylation is 1. The number of hydrogen-bond acceptors (Lipinski definition) is 4. The van der Waals surface area contributed by atoms with E-state index in [9.17, 15) is 0 Å². The standard InChI is InChI=1S/C13H21NO3/c1-10-7-12(16-3)13(17-4)8-11(10)5-6-14(2)9-15/h7-8,15H,5-6,9H2,1-4H3. The number of likely N-dealkylation sites (N-methyl/N-ethyl adjacent to an activating group) is 1. The monoisotopic (exact) mass is 239 g/mol. The largest absolute Gasteiger partial charge is 0.493 e. The van der Waals surface area contributed by atoms with Crippen LogP contribution in [0.25, 0.3) is 0 Å². The summed E-state index contributed by atoms with van der Waals surface area (Å²) in [6.07, 6.45) is 0.878. The van der Waals surface area contributed by atoms with Crippen molar-refractivity contribution in [2.45, 2.75) is 13.3 Å². The highest BCUT2D eigenvalue weighted by molar-refractivity contribution is 5.47. The van der Waals surface area contributed by atoms with Crippen LogP contribution in [0.5, 0.6) is 11.5 Å². The first-order valence-electron chi connectivity index (χ1n) is 5.63. The van der Waals surface area contributed by atoms with Gasteiger partial charge in [0.15, 0.2) is 11.5 Å². The third-order valence-electron chi connectivity index (χ3n) is 2.85. The van der Waals surface area contributed by atoms with E-state index >= 15 is 0 Å². The highest BCUT2D eigenvalue weighted by Gasteiger charge is 2.08. The molecule has 0 unspecified atom stereocenters. The Kier molecular flexibility index (Phi) is 5.25.